The molecule has 0 bridgehead atoms. The van der Waals surface area contributed by atoms with Gasteiger partial charge in [0.1, 0.15) is 0 Å². The van der Waals surface area contributed by atoms with Gasteiger partial charge in [-0.3, -0.25) is 4.79 Å². The molecule has 0 saturated heterocycles. The second-order valence-electron chi connectivity index (χ2n) is 7.93. The second-order valence-corrected chi connectivity index (χ2v) is 7.93. The molecule has 4 heteroatoms. The lowest BCUT2D eigenvalue weighted by atomic mass is 10.0. The summed E-state index contributed by atoms with van der Waals surface area (Å²) < 4.78 is 9.70. The highest BCUT2D eigenvalue weighted by atomic mass is 16.6. The van der Waals surface area contributed by atoms with E-state index in [2.05, 4.69) is 11.7 Å². The maximum absolute atomic E-state index is 11.5. The molecule has 0 aromatic carbocycles. The molecular formula is C22H40O4. The summed E-state index contributed by atoms with van der Waals surface area (Å²) in [6.45, 7) is 3.60. The molecule has 1 aliphatic carbocycles. The van der Waals surface area contributed by atoms with Gasteiger partial charge in [0, 0.05) is 6.92 Å². The molecule has 0 aliphatic heterocycles. The second kappa shape index (κ2) is 14.1. The molecule has 0 amide bonds. The van der Waals surface area contributed by atoms with Gasteiger partial charge in [-0.25, -0.2) is 4.79 Å². The number of esters is 2. The normalized spacial score (nSPS) is 19.8. The Morgan fingerprint density at radius 1 is 0.885 bits per heavy atom. The topological polar surface area (TPSA) is 52.6 Å². The first-order chi connectivity index (χ1) is 12.6. The van der Waals surface area contributed by atoms with Gasteiger partial charge in [-0.1, -0.05) is 77.6 Å². The minimum Gasteiger partial charge on any atom is -0.466 e. The van der Waals surface area contributed by atoms with Crippen molar-refractivity contribution in [3.63, 3.8) is 0 Å². The zero-order chi connectivity index (χ0) is 19.2. The average Bonchev–Trinajstić information content (AvgIpc) is 3.37. The maximum Gasteiger partial charge on any atom is 0.347 e. The van der Waals surface area contributed by atoms with Crippen LogP contribution >= 0.6 is 0 Å². The summed E-state index contributed by atoms with van der Waals surface area (Å²) in [5.41, 5.74) is 0. The third-order valence-electron chi connectivity index (χ3n) is 5.56. The summed E-state index contributed by atoms with van der Waals surface area (Å²) in [5, 5.41) is 0. The molecule has 1 fully saturated rings. The standard InChI is InChI=1S/C22H40O4/c1-4-5-6-11-14-19-17-20(19)15-12-9-7-8-10-13-16-21(22(24)25-3)26-18(2)23/h19-21H,4-17H2,1-3H3. The first kappa shape index (κ1) is 23.0. The van der Waals surface area contributed by atoms with Crippen LogP contribution in [-0.2, 0) is 19.1 Å². The van der Waals surface area contributed by atoms with Gasteiger partial charge in [0.15, 0.2) is 6.10 Å². The van der Waals surface area contributed by atoms with E-state index in [9.17, 15) is 9.59 Å². The lowest BCUT2D eigenvalue weighted by Crippen LogP contribution is -2.27. The fourth-order valence-electron chi connectivity index (χ4n) is 3.85. The van der Waals surface area contributed by atoms with Crippen LogP contribution in [0.4, 0.5) is 0 Å². The largest absolute Gasteiger partial charge is 0.466 e. The summed E-state index contributed by atoms with van der Waals surface area (Å²) in [6.07, 6.45) is 16.9. The van der Waals surface area contributed by atoms with Crippen molar-refractivity contribution in [3.05, 3.63) is 0 Å². The SMILES string of the molecule is CCCCCCC1CC1CCCCCCCCC(OC(C)=O)C(=O)OC. The number of carbonyl (C=O) groups excluding carboxylic acids is 2. The number of methoxy groups -OCH3 is 1. The van der Waals surface area contributed by atoms with Gasteiger partial charge in [-0.2, -0.15) is 0 Å². The molecule has 0 radical (unpaired) electrons. The van der Waals surface area contributed by atoms with Crippen molar-refractivity contribution < 1.29 is 19.1 Å². The fraction of sp³-hybridized carbons (Fsp3) is 0.909. The average molecular weight is 369 g/mol. The van der Waals surface area contributed by atoms with Crippen molar-refractivity contribution in [2.24, 2.45) is 11.8 Å². The van der Waals surface area contributed by atoms with Crippen LogP contribution in [0.1, 0.15) is 104 Å². The summed E-state index contributed by atoms with van der Waals surface area (Å²) in [6, 6.07) is 0. The van der Waals surface area contributed by atoms with Gasteiger partial charge < -0.3 is 9.47 Å². The highest BCUT2D eigenvalue weighted by molar-refractivity contribution is 5.78. The van der Waals surface area contributed by atoms with Gasteiger partial charge in [0.2, 0.25) is 0 Å². The van der Waals surface area contributed by atoms with E-state index < -0.39 is 18.0 Å². The van der Waals surface area contributed by atoms with Crippen LogP contribution in [0.15, 0.2) is 0 Å². The number of unbranched alkanes of at least 4 members (excludes halogenated alkanes) is 8. The molecule has 3 atom stereocenters. The Morgan fingerprint density at radius 2 is 1.42 bits per heavy atom. The quantitative estimate of drug-likeness (QED) is 0.254. The Hall–Kier alpha value is -1.06. The highest BCUT2D eigenvalue weighted by Gasteiger charge is 2.34. The van der Waals surface area contributed by atoms with E-state index in [1.54, 1.807) is 0 Å². The molecule has 0 spiro atoms. The first-order valence-electron chi connectivity index (χ1n) is 10.8. The van der Waals surface area contributed by atoms with Crippen LogP contribution in [0.3, 0.4) is 0 Å². The molecular weight excluding hydrogens is 328 g/mol. The molecule has 26 heavy (non-hydrogen) atoms. The number of hydrogen-bond donors (Lipinski definition) is 0. The summed E-state index contributed by atoms with van der Waals surface area (Å²) in [5.74, 6) is 1.20. The summed E-state index contributed by atoms with van der Waals surface area (Å²) in [7, 11) is 1.33. The monoisotopic (exact) mass is 368 g/mol. The zero-order valence-corrected chi connectivity index (χ0v) is 17.3. The number of rotatable bonds is 16. The van der Waals surface area contributed by atoms with Gasteiger partial charge in [0.25, 0.3) is 0 Å². The third-order valence-corrected chi connectivity index (χ3v) is 5.56. The Balaban J connectivity index is 1.92. The lowest BCUT2D eigenvalue weighted by molar-refractivity contribution is -0.165. The Bertz CT molecular complexity index is 394. The van der Waals surface area contributed by atoms with Crippen LogP contribution < -0.4 is 0 Å². The molecule has 152 valence electrons. The fourth-order valence-corrected chi connectivity index (χ4v) is 3.85. The molecule has 0 N–H and O–H groups in total. The van der Waals surface area contributed by atoms with Crippen molar-refractivity contribution in [2.45, 2.75) is 110 Å². The molecule has 1 rings (SSSR count). The molecule has 0 aromatic heterocycles. The van der Waals surface area contributed by atoms with Crippen LogP contribution in [0.2, 0.25) is 0 Å². The molecule has 0 heterocycles. The summed E-state index contributed by atoms with van der Waals surface area (Å²) in [4.78, 5) is 22.6. The molecule has 0 aromatic rings. The van der Waals surface area contributed by atoms with Crippen molar-refractivity contribution in [1.29, 1.82) is 0 Å². The van der Waals surface area contributed by atoms with Gasteiger partial charge in [-0.05, 0) is 31.1 Å². The van der Waals surface area contributed by atoms with E-state index >= 15 is 0 Å². The van der Waals surface area contributed by atoms with E-state index in [1.807, 2.05) is 0 Å². The maximum atomic E-state index is 11.5. The minimum atomic E-state index is -0.735. The smallest absolute Gasteiger partial charge is 0.347 e. The Labute approximate surface area is 160 Å². The van der Waals surface area contributed by atoms with E-state index in [-0.39, 0.29) is 0 Å². The molecule has 4 nitrogen and oxygen atoms in total. The predicted octanol–water partition coefficient (Wildman–Crippen LogP) is 5.82. The zero-order valence-electron chi connectivity index (χ0n) is 17.3. The van der Waals surface area contributed by atoms with Gasteiger partial charge in [0.05, 0.1) is 7.11 Å². The summed E-state index contributed by atoms with van der Waals surface area (Å²) >= 11 is 0. The highest BCUT2D eigenvalue weighted by Crippen LogP contribution is 2.45. The molecule has 1 aliphatic rings. The van der Waals surface area contributed by atoms with Crippen LogP contribution in [0.25, 0.3) is 0 Å². The van der Waals surface area contributed by atoms with Gasteiger partial charge in [-0.15, -0.1) is 0 Å². The van der Waals surface area contributed by atoms with Crippen LogP contribution in [-0.4, -0.2) is 25.2 Å². The van der Waals surface area contributed by atoms with Crippen LogP contribution in [0.5, 0.6) is 0 Å². The Morgan fingerprint density at radius 3 is 1.96 bits per heavy atom. The van der Waals surface area contributed by atoms with Crippen molar-refractivity contribution >= 4 is 11.9 Å². The van der Waals surface area contributed by atoms with Crippen molar-refractivity contribution in [3.8, 4) is 0 Å². The van der Waals surface area contributed by atoms with E-state index in [0.717, 1.165) is 24.7 Å². The lowest BCUT2D eigenvalue weighted by Gasteiger charge is -2.14. The van der Waals surface area contributed by atoms with E-state index in [1.165, 1.54) is 84.7 Å². The number of ether oxygens (including phenoxy) is 2. The molecule has 3 unspecified atom stereocenters. The minimum absolute atomic E-state index is 0.427. The van der Waals surface area contributed by atoms with E-state index in [4.69, 9.17) is 4.74 Å². The molecule has 1 saturated carbocycles. The number of carbonyl (C=O) groups is 2. The van der Waals surface area contributed by atoms with Crippen molar-refractivity contribution in [1.82, 2.24) is 0 Å². The van der Waals surface area contributed by atoms with Crippen molar-refractivity contribution in [2.75, 3.05) is 7.11 Å². The van der Waals surface area contributed by atoms with Gasteiger partial charge >= 0.3 is 11.9 Å². The Kier molecular flexibility index (Phi) is 12.4. The predicted molar refractivity (Wildman–Crippen MR) is 105 cm³/mol. The van der Waals surface area contributed by atoms with E-state index in [0.29, 0.717) is 6.42 Å². The number of hydrogen-bond acceptors (Lipinski definition) is 4. The van der Waals surface area contributed by atoms with Crippen LogP contribution in [0, 0.1) is 11.8 Å². The third kappa shape index (κ3) is 10.8. The first-order valence-corrected chi connectivity index (χ1v) is 10.8.